The lowest BCUT2D eigenvalue weighted by Crippen LogP contribution is -2.46. The average molecular weight is 588 g/mol. The highest BCUT2D eigenvalue weighted by molar-refractivity contribution is 5.91. The highest BCUT2D eigenvalue weighted by Gasteiger charge is 2.30. The molecule has 4 aromatic carbocycles. The zero-order valence-electron chi connectivity index (χ0n) is 25.8. The molecule has 0 unspecified atom stereocenters. The van der Waals surface area contributed by atoms with E-state index in [2.05, 4.69) is 31.0 Å². The number of H-pyrrole nitrogens is 1. The number of nitrogens with one attached hydrogen (secondary N) is 1. The van der Waals surface area contributed by atoms with Crippen LogP contribution in [0.4, 0.5) is 0 Å². The lowest BCUT2D eigenvalue weighted by molar-refractivity contribution is -0.141. The molecule has 1 N–H and O–H groups in total. The van der Waals surface area contributed by atoms with Crippen LogP contribution in [-0.2, 0) is 22.6 Å². The Morgan fingerprint density at radius 2 is 1.39 bits per heavy atom. The first-order chi connectivity index (χ1) is 21.4. The molecule has 5 aromatic rings. The summed E-state index contributed by atoms with van der Waals surface area (Å²) >= 11 is 0. The second kappa shape index (κ2) is 14.6. The van der Waals surface area contributed by atoms with Gasteiger partial charge in [-0.1, -0.05) is 105 Å². The van der Waals surface area contributed by atoms with Crippen LogP contribution >= 0.6 is 0 Å². The van der Waals surface area contributed by atoms with Crippen LogP contribution in [0.3, 0.4) is 0 Å². The van der Waals surface area contributed by atoms with E-state index in [9.17, 15) is 9.59 Å². The van der Waals surface area contributed by atoms with Crippen molar-refractivity contribution >= 4 is 22.7 Å². The normalized spacial score (nSPS) is 11.2. The van der Waals surface area contributed by atoms with Crippen molar-refractivity contribution in [2.24, 2.45) is 5.92 Å². The molecular weight excluding hydrogens is 546 g/mol. The third-order valence-corrected chi connectivity index (χ3v) is 7.95. The monoisotopic (exact) mass is 587 g/mol. The fourth-order valence-electron chi connectivity index (χ4n) is 5.72. The van der Waals surface area contributed by atoms with Crippen LogP contribution in [0.15, 0.2) is 115 Å². The molecule has 0 aliphatic heterocycles. The molecule has 44 heavy (non-hydrogen) atoms. The van der Waals surface area contributed by atoms with Gasteiger partial charge in [-0.15, -0.1) is 0 Å². The smallest absolute Gasteiger partial charge is 0.242 e. The fraction of sp³-hybridized carbons (Fsp3) is 0.263. The van der Waals surface area contributed by atoms with Gasteiger partial charge < -0.3 is 19.5 Å². The van der Waals surface area contributed by atoms with E-state index in [4.69, 9.17) is 4.74 Å². The van der Waals surface area contributed by atoms with Gasteiger partial charge in [-0.3, -0.25) is 9.59 Å². The van der Waals surface area contributed by atoms with Crippen LogP contribution in [0.1, 0.15) is 42.0 Å². The Kier molecular flexibility index (Phi) is 10.1. The molecule has 6 nitrogen and oxygen atoms in total. The van der Waals surface area contributed by atoms with E-state index < -0.39 is 5.92 Å². The van der Waals surface area contributed by atoms with Crippen molar-refractivity contribution in [1.82, 2.24) is 14.8 Å². The third-order valence-electron chi connectivity index (χ3n) is 7.95. The summed E-state index contributed by atoms with van der Waals surface area (Å²) in [5.41, 5.74) is 5.08. The summed E-state index contributed by atoms with van der Waals surface area (Å²) in [6, 6.07) is 35.7. The van der Waals surface area contributed by atoms with Gasteiger partial charge in [0, 0.05) is 36.7 Å². The Balaban J connectivity index is 1.42. The third kappa shape index (κ3) is 7.56. The Morgan fingerprint density at radius 1 is 0.773 bits per heavy atom. The average Bonchev–Trinajstić information content (AvgIpc) is 3.47. The molecule has 0 atom stereocenters. The SMILES string of the molecule is COc1ccc(CN(CCc2c[nH]c3ccccc23)C(=O)CN(CC(C)C)C(=O)C(c2ccccc2)c2ccccc2)cc1. The number of ether oxygens (including phenoxy) is 1. The van der Waals surface area contributed by atoms with Crippen molar-refractivity contribution in [2.75, 3.05) is 26.7 Å². The molecule has 2 amide bonds. The summed E-state index contributed by atoms with van der Waals surface area (Å²) in [6.07, 6.45) is 2.72. The van der Waals surface area contributed by atoms with Crippen molar-refractivity contribution in [3.63, 3.8) is 0 Å². The van der Waals surface area contributed by atoms with E-state index in [0.29, 0.717) is 26.1 Å². The molecule has 0 radical (unpaired) electrons. The highest BCUT2D eigenvalue weighted by atomic mass is 16.5. The van der Waals surface area contributed by atoms with Crippen LogP contribution in [-0.4, -0.2) is 53.3 Å². The number of hydrogen-bond donors (Lipinski definition) is 1. The van der Waals surface area contributed by atoms with Crippen molar-refractivity contribution in [2.45, 2.75) is 32.7 Å². The zero-order valence-corrected chi connectivity index (χ0v) is 25.8. The first-order valence-electron chi connectivity index (χ1n) is 15.3. The van der Waals surface area contributed by atoms with E-state index in [0.717, 1.165) is 38.9 Å². The maximum Gasteiger partial charge on any atom is 0.242 e. The fourth-order valence-corrected chi connectivity index (χ4v) is 5.72. The predicted octanol–water partition coefficient (Wildman–Crippen LogP) is 7.06. The first kappa shape index (κ1) is 30.6. The molecule has 0 aliphatic carbocycles. The molecule has 0 saturated heterocycles. The van der Waals surface area contributed by atoms with Gasteiger partial charge in [0.05, 0.1) is 19.6 Å². The number of amides is 2. The summed E-state index contributed by atoms with van der Waals surface area (Å²) in [5.74, 6) is 0.331. The second-order valence-electron chi connectivity index (χ2n) is 11.6. The van der Waals surface area contributed by atoms with Gasteiger partial charge in [0.1, 0.15) is 5.75 Å². The zero-order chi connectivity index (χ0) is 30.9. The quantitative estimate of drug-likeness (QED) is 0.160. The van der Waals surface area contributed by atoms with Crippen molar-refractivity contribution in [3.8, 4) is 5.75 Å². The molecule has 1 heterocycles. The number of carbonyl (C=O) groups is 2. The number of aromatic amines is 1. The Labute approximate surface area is 260 Å². The van der Waals surface area contributed by atoms with Gasteiger partial charge in [-0.25, -0.2) is 0 Å². The molecule has 0 spiro atoms. The molecule has 0 saturated carbocycles. The van der Waals surface area contributed by atoms with Gasteiger partial charge in [0.2, 0.25) is 11.8 Å². The van der Waals surface area contributed by atoms with Crippen molar-refractivity contribution in [1.29, 1.82) is 0 Å². The maximum atomic E-state index is 14.4. The van der Waals surface area contributed by atoms with E-state index >= 15 is 0 Å². The molecule has 0 fully saturated rings. The van der Waals surface area contributed by atoms with Gasteiger partial charge >= 0.3 is 0 Å². The molecule has 5 rings (SSSR count). The van der Waals surface area contributed by atoms with E-state index in [1.165, 1.54) is 0 Å². The first-order valence-corrected chi connectivity index (χ1v) is 15.3. The molecule has 6 heteroatoms. The summed E-state index contributed by atoms with van der Waals surface area (Å²) in [5, 5.41) is 1.16. The second-order valence-corrected chi connectivity index (χ2v) is 11.6. The lowest BCUT2D eigenvalue weighted by atomic mass is 9.89. The van der Waals surface area contributed by atoms with E-state index in [1.54, 1.807) is 12.0 Å². The number of fused-ring (bicyclic) bond motifs is 1. The van der Waals surface area contributed by atoms with Gasteiger partial charge in [-0.05, 0) is 52.8 Å². The van der Waals surface area contributed by atoms with Gasteiger partial charge in [0.25, 0.3) is 0 Å². The van der Waals surface area contributed by atoms with Crippen molar-refractivity contribution < 1.29 is 14.3 Å². The minimum absolute atomic E-state index is 0.0111. The maximum absolute atomic E-state index is 14.4. The minimum atomic E-state index is -0.495. The largest absolute Gasteiger partial charge is 0.497 e. The summed E-state index contributed by atoms with van der Waals surface area (Å²) < 4.78 is 5.34. The van der Waals surface area contributed by atoms with Crippen LogP contribution in [0.25, 0.3) is 10.9 Å². The lowest BCUT2D eigenvalue weighted by Gasteiger charge is -2.31. The number of hydrogen-bond acceptors (Lipinski definition) is 3. The summed E-state index contributed by atoms with van der Waals surface area (Å²) in [6.45, 7) is 5.62. The predicted molar refractivity (Wildman–Crippen MR) is 177 cm³/mol. The number of methoxy groups -OCH3 is 1. The Hall–Kier alpha value is -4.84. The van der Waals surface area contributed by atoms with E-state index in [-0.39, 0.29) is 24.3 Å². The van der Waals surface area contributed by atoms with Crippen LogP contribution in [0.2, 0.25) is 0 Å². The van der Waals surface area contributed by atoms with Gasteiger partial charge in [-0.2, -0.15) is 0 Å². The molecule has 226 valence electrons. The number of benzene rings is 4. The van der Waals surface area contributed by atoms with Crippen LogP contribution < -0.4 is 4.74 Å². The van der Waals surface area contributed by atoms with Crippen LogP contribution in [0, 0.1) is 5.92 Å². The van der Waals surface area contributed by atoms with Crippen LogP contribution in [0.5, 0.6) is 5.75 Å². The number of aromatic nitrogens is 1. The van der Waals surface area contributed by atoms with Gasteiger partial charge in [0.15, 0.2) is 0 Å². The summed E-state index contributed by atoms with van der Waals surface area (Å²) in [4.78, 5) is 35.6. The number of nitrogens with zero attached hydrogens (tertiary/aromatic N) is 2. The Bertz CT molecular complexity index is 1610. The highest BCUT2D eigenvalue weighted by Crippen LogP contribution is 2.28. The van der Waals surface area contributed by atoms with Crippen molar-refractivity contribution in [3.05, 3.63) is 138 Å². The molecule has 0 aliphatic rings. The standard InChI is InChI=1S/C38H41N3O3/c1-28(2)25-41(38(43)37(30-12-6-4-7-13-30)31-14-8-5-9-15-31)27-36(42)40(26-29-18-20-33(44-3)21-19-29)23-22-32-24-39-35-17-11-10-16-34(32)35/h4-21,24,28,37,39H,22-23,25-27H2,1-3H3. The molecule has 1 aromatic heterocycles. The number of carbonyl (C=O) groups excluding carboxylic acids is 2. The summed E-state index contributed by atoms with van der Waals surface area (Å²) in [7, 11) is 1.64. The molecule has 0 bridgehead atoms. The number of rotatable bonds is 13. The van der Waals surface area contributed by atoms with E-state index in [1.807, 2.05) is 108 Å². The molecular formula is C38H41N3O3. The minimum Gasteiger partial charge on any atom is -0.497 e. The topological polar surface area (TPSA) is 65.6 Å². The number of para-hydroxylation sites is 1. The Morgan fingerprint density at radius 3 is 2.00 bits per heavy atom.